The average Bonchev–Trinajstić information content (AvgIpc) is 2.62. The highest BCUT2D eigenvalue weighted by Crippen LogP contribution is 2.24. The van der Waals surface area contributed by atoms with Crippen LogP contribution in [-0.2, 0) is 11.2 Å². The van der Waals surface area contributed by atoms with Crippen LogP contribution in [0.5, 0.6) is 0 Å². The predicted octanol–water partition coefficient (Wildman–Crippen LogP) is 3.27. The molecule has 1 amide bonds. The molecule has 1 aromatic carbocycles. The van der Waals surface area contributed by atoms with Gasteiger partial charge in [-0.3, -0.25) is 9.79 Å². The number of nitrogens with zero attached hydrogens (tertiary/aromatic N) is 1. The molecule has 1 aliphatic rings. The lowest BCUT2D eigenvalue weighted by Gasteiger charge is -2.30. The molecule has 1 fully saturated rings. The molecule has 1 saturated carbocycles. The highest BCUT2D eigenvalue weighted by atomic mass is 35.5. The number of amides is 1. The second kappa shape index (κ2) is 10.5. The third-order valence-electron chi connectivity index (χ3n) is 4.74. The van der Waals surface area contributed by atoms with Crippen molar-refractivity contribution in [3.63, 3.8) is 0 Å². The molecule has 5 nitrogen and oxygen atoms in total. The summed E-state index contributed by atoms with van der Waals surface area (Å²) >= 11 is 6.06. The minimum absolute atomic E-state index is 0.0507. The number of rotatable bonds is 6. The summed E-state index contributed by atoms with van der Waals surface area (Å²) in [5, 5.41) is 10.1. The van der Waals surface area contributed by atoms with Gasteiger partial charge in [-0.05, 0) is 57.2 Å². The lowest BCUT2D eigenvalue weighted by atomic mass is 9.85. The van der Waals surface area contributed by atoms with E-state index in [0.29, 0.717) is 23.9 Å². The molecule has 0 aliphatic heterocycles. The zero-order chi connectivity index (χ0) is 19.8. The molecular formula is C20H30ClFN4O. The van der Waals surface area contributed by atoms with Crippen molar-refractivity contribution in [2.45, 2.75) is 58.0 Å². The number of hydrogen-bond acceptors (Lipinski definition) is 2. The molecule has 0 bridgehead atoms. The van der Waals surface area contributed by atoms with Crippen LogP contribution in [-0.4, -0.2) is 37.5 Å². The Labute approximate surface area is 166 Å². The van der Waals surface area contributed by atoms with Gasteiger partial charge in [-0.15, -0.1) is 0 Å². The van der Waals surface area contributed by atoms with Crippen molar-refractivity contribution in [3.05, 3.63) is 34.6 Å². The Kier molecular flexibility index (Phi) is 8.35. The first-order valence-electron chi connectivity index (χ1n) is 9.60. The maximum absolute atomic E-state index is 13.1. The third kappa shape index (κ3) is 7.01. The van der Waals surface area contributed by atoms with Gasteiger partial charge in [-0.1, -0.05) is 24.1 Å². The molecule has 3 N–H and O–H groups in total. The van der Waals surface area contributed by atoms with Crippen molar-refractivity contribution in [1.29, 1.82) is 0 Å². The van der Waals surface area contributed by atoms with Crippen molar-refractivity contribution in [2.24, 2.45) is 10.9 Å². The number of hydrogen-bond donors (Lipinski definition) is 3. The van der Waals surface area contributed by atoms with E-state index in [1.54, 1.807) is 13.1 Å². The molecular weight excluding hydrogens is 367 g/mol. The molecule has 1 aliphatic carbocycles. The molecule has 27 heavy (non-hydrogen) atoms. The summed E-state index contributed by atoms with van der Waals surface area (Å²) in [6, 6.07) is 4.84. The van der Waals surface area contributed by atoms with E-state index in [4.69, 9.17) is 11.6 Å². The monoisotopic (exact) mass is 396 g/mol. The molecule has 1 aromatic rings. The fraction of sp³-hybridized carbons (Fsp3) is 0.600. The minimum atomic E-state index is -0.331. The van der Waals surface area contributed by atoms with Gasteiger partial charge in [0.1, 0.15) is 5.82 Å². The highest BCUT2D eigenvalue weighted by Gasteiger charge is 2.27. The van der Waals surface area contributed by atoms with Gasteiger partial charge in [0.2, 0.25) is 5.91 Å². The summed E-state index contributed by atoms with van der Waals surface area (Å²) in [5.41, 5.74) is 0.893. The first kappa shape index (κ1) is 21.5. The fourth-order valence-corrected chi connectivity index (χ4v) is 3.65. The van der Waals surface area contributed by atoms with E-state index in [-0.39, 0.29) is 29.7 Å². The van der Waals surface area contributed by atoms with Crippen LogP contribution in [0.15, 0.2) is 23.2 Å². The highest BCUT2D eigenvalue weighted by molar-refractivity contribution is 6.31. The third-order valence-corrected chi connectivity index (χ3v) is 5.09. The van der Waals surface area contributed by atoms with Gasteiger partial charge >= 0.3 is 0 Å². The summed E-state index contributed by atoms with van der Waals surface area (Å²) < 4.78 is 13.1. The van der Waals surface area contributed by atoms with Gasteiger partial charge in [-0.25, -0.2) is 4.39 Å². The van der Waals surface area contributed by atoms with E-state index in [1.807, 2.05) is 13.8 Å². The molecule has 2 rings (SSSR count). The van der Waals surface area contributed by atoms with E-state index in [9.17, 15) is 9.18 Å². The Morgan fingerprint density at radius 1 is 1.37 bits per heavy atom. The van der Waals surface area contributed by atoms with Crippen molar-refractivity contribution >= 4 is 23.5 Å². The van der Waals surface area contributed by atoms with E-state index in [0.717, 1.165) is 31.2 Å². The lowest BCUT2D eigenvalue weighted by Crippen LogP contribution is -2.47. The minimum Gasteiger partial charge on any atom is -0.356 e. The van der Waals surface area contributed by atoms with Gasteiger partial charge < -0.3 is 16.0 Å². The summed E-state index contributed by atoms with van der Waals surface area (Å²) in [7, 11) is 1.73. The van der Waals surface area contributed by atoms with Crippen LogP contribution in [0.4, 0.5) is 4.39 Å². The quantitative estimate of drug-likeness (QED) is 0.510. The lowest BCUT2D eigenvalue weighted by molar-refractivity contribution is -0.126. The maximum Gasteiger partial charge on any atom is 0.223 e. The molecule has 0 saturated heterocycles. The zero-order valence-electron chi connectivity index (χ0n) is 16.3. The van der Waals surface area contributed by atoms with Crippen LogP contribution >= 0.6 is 11.6 Å². The molecule has 2 atom stereocenters. The Morgan fingerprint density at radius 3 is 2.81 bits per heavy atom. The van der Waals surface area contributed by atoms with Gasteiger partial charge in [-0.2, -0.15) is 0 Å². The SMILES string of the molecule is CN=C(NCCc1ccc(F)cc1Cl)NC1CCCC(C(=O)NC(C)C)C1. The van der Waals surface area contributed by atoms with Gasteiger partial charge in [0.25, 0.3) is 0 Å². The van der Waals surface area contributed by atoms with Gasteiger partial charge in [0.15, 0.2) is 5.96 Å². The Balaban J connectivity index is 1.81. The van der Waals surface area contributed by atoms with Crippen molar-refractivity contribution in [2.75, 3.05) is 13.6 Å². The van der Waals surface area contributed by atoms with E-state index in [1.165, 1.54) is 12.1 Å². The van der Waals surface area contributed by atoms with Crippen LogP contribution in [0.3, 0.4) is 0 Å². The zero-order valence-corrected chi connectivity index (χ0v) is 17.1. The Morgan fingerprint density at radius 2 is 2.15 bits per heavy atom. The number of guanidine groups is 1. The fourth-order valence-electron chi connectivity index (χ4n) is 3.39. The van der Waals surface area contributed by atoms with Crippen LogP contribution in [0.1, 0.15) is 45.1 Å². The standard InChI is InChI=1S/C20H30ClFN4O/c1-13(2)25-19(27)15-5-4-6-17(11-15)26-20(23-3)24-10-9-14-7-8-16(22)12-18(14)21/h7-8,12-13,15,17H,4-6,9-11H2,1-3H3,(H,25,27)(H2,23,24,26). The topological polar surface area (TPSA) is 65.5 Å². The van der Waals surface area contributed by atoms with Crippen LogP contribution < -0.4 is 16.0 Å². The summed E-state index contributed by atoms with van der Waals surface area (Å²) in [4.78, 5) is 16.5. The van der Waals surface area contributed by atoms with Gasteiger partial charge in [0.05, 0.1) is 0 Å². The predicted molar refractivity (Wildman–Crippen MR) is 109 cm³/mol. The number of benzene rings is 1. The maximum atomic E-state index is 13.1. The largest absolute Gasteiger partial charge is 0.356 e. The molecule has 2 unspecified atom stereocenters. The second-order valence-electron chi connectivity index (χ2n) is 7.35. The van der Waals surface area contributed by atoms with Gasteiger partial charge in [0, 0.05) is 36.6 Å². The molecule has 0 radical (unpaired) electrons. The average molecular weight is 397 g/mol. The number of nitrogens with one attached hydrogen (secondary N) is 3. The summed E-state index contributed by atoms with van der Waals surface area (Å²) in [6.07, 6.45) is 4.46. The van der Waals surface area contributed by atoms with Crippen LogP contribution in [0.25, 0.3) is 0 Å². The Hall–Kier alpha value is -1.82. The number of aliphatic imine (C=N–C) groups is 1. The summed E-state index contributed by atoms with van der Waals surface area (Å²) in [6.45, 7) is 4.60. The van der Waals surface area contributed by atoms with Crippen LogP contribution in [0.2, 0.25) is 5.02 Å². The first-order valence-corrected chi connectivity index (χ1v) is 9.98. The van der Waals surface area contributed by atoms with Crippen molar-refractivity contribution < 1.29 is 9.18 Å². The Bertz CT molecular complexity index is 665. The van der Waals surface area contributed by atoms with E-state index < -0.39 is 0 Å². The number of carbonyl (C=O) groups is 1. The summed E-state index contributed by atoms with van der Waals surface area (Å²) in [5.74, 6) is 0.575. The molecule has 7 heteroatoms. The molecule has 0 heterocycles. The van der Waals surface area contributed by atoms with E-state index in [2.05, 4.69) is 20.9 Å². The second-order valence-corrected chi connectivity index (χ2v) is 7.76. The van der Waals surface area contributed by atoms with E-state index >= 15 is 0 Å². The smallest absolute Gasteiger partial charge is 0.223 e. The van der Waals surface area contributed by atoms with Crippen LogP contribution in [0, 0.1) is 11.7 Å². The van der Waals surface area contributed by atoms with Crippen molar-refractivity contribution in [3.8, 4) is 0 Å². The molecule has 150 valence electrons. The number of halogens is 2. The molecule has 0 spiro atoms. The normalized spacial score (nSPS) is 20.4. The van der Waals surface area contributed by atoms with Crippen molar-refractivity contribution in [1.82, 2.24) is 16.0 Å². The first-order chi connectivity index (χ1) is 12.9. The number of carbonyl (C=O) groups excluding carboxylic acids is 1. The molecule has 0 aromatic heterocycles.